The van der Waals surface area contributed by atoms with Crippen LogP contribution in [0.5, 0.6) is 0 Å². The highest BCUT2D eigenvalue weighted by Crippen LogP contribution is 2.27. The Labute approximate surface area is 171 Å². The van der Waals surface area contributed by atoms with E-state index in [9.17, 15) is 14.4 Å². The molecule has 0 saturated carbocycles. The van der Waals surface area contributed by atoms with Gasteiger partial charge in [-0.1, -0.05) is 18.2 Å². The highest BCUT2D eigenvalue weighted by molar-refractivity contribution is 7.20. The molecule has 1 aromatic carbocycles. The number of benzene rings is 1. The van der Waals surface area contributed by atoms with Gasteiger partial charge in [0.2, 0.25) is 0 Å². The monoisotopic (exact) mass is 411 g/mol. The molecule has 0 unspecified atom stereocenters. The minimum atomic E-state index is -0.458. The number of carbonyl (C=O) groups excluding carboxylic acids is 2. The summed E-state index contributed by atoms with van der Waals surface area (Å²) in [4.78, 5) is 44.3. The van der Waals surface area contributed by atoms with Crippen molar-refractivity contribution in [2.75, 3.05) is 18.0 Å². The summed E-state index contributed by atoms with van der Waals surface area (Å²) >= 11 is 1.13. The van der Waals surface area contributed by atoms with Gasteiger partial charge in [0.15, 0.2) is 0 Å². The van der Waals surface area contributed by atoms with Gasteiger partial charge in [-0.25, -0.2) is 4.98 Å². The van der Waals surface area contributed by atoms with Gasteiger partial charge in [-0.15, -0.1) is 11.3 Å². The molecule has 0 fully saturated rings. The Morgan fingerprint density at radius 3 is 2.86 bits per heavy atom. The first-order chi connectivity index (χ1) is 14.0. The van der Waals surface area contributed by atoms with Crippen molar-refractivity contribution in [2.45, 2.75) is 19.8 Å². The van der Waals surface area contributed by atoms with Crippen LogP contribution in [0.2, 0.25) is 0 Å². The van der Waals surface area contributed by atoms with E-state index in [1.807, 2.05) is 23.1 Å². The van der Waals surface area contributed by atoms with E-state index >= 15 is 0 Å². The minimum absolute atomic E-state index is 0.158. The molecule has 0 saturated heterocycles. The standard InChI is InChI=1S/C20H21N5O3S/c1-12-16-19(21-11-24(2)20(16)28)29-17(12)18(27)23-22-15(26)10-25-9-5-7-13-6-3-4-8-14(13)25/h3-4,6,8,11H,5,7,9-10H2,1-2H3,(H,22,26)(H,23,27). The lowest BCUT2D eigenvalue weighted by atomic mass is 10.0. The number of thiophene rings is 1. The van der Waals surface area contributed by atoms with Crippen molar-refractivity contribution < 1.29 is 9.59 Å². The summed E-state index contributed by atoms with van der Waals surface area (Å²) in [6.45, 7) is 2.66. The molecule has 9 heteroatoms. The third kappa shape index (κ3) is 3.61. The molecule has 2 amide bonds. The van der Waals surface area contributed by atoms with E-state index in [1.54, 1.807) is 14.0 Å². The fourth-order valence-electron chi connectivity index (χ4n) is 3.60. The topological polar surface area (TPSA) is 96.3 Å². The molecule has 150 valence electrons. The molecule has 2 N–H and O–H groups in total. The number of nitrogens with one attached hydrogen (secondary N) is 2. The van der Waals surface area contributed by atoms with Gasteiger partial charge < -0.3 is 9.47 Å². The SMILES string of the molecule is Cc1c(C(=O)NNC(=O)CN2CCCc3ccccc32)sc2ncn(C)c(=O)c12. The number of aromatic nitrogens is 2. The zero-order valence-electron chi connectivity index (χ0n) is 16.2. The molecule has 0 spiro atoms. The number of rotatable bonds is 3. The number of amides is 2. The molecule has 4 rings (SSSR count). The molecule has 8 nitrogen and oxygen atoms in total. The fourth-order valence-corrected chi connectivity index (χ4v) is 4.63. The van der Waals surface area contributed by atoms with Crippen LogP contribution in [-0.2, 0) is 18.3 Å². The molecular weight excluding hydrogens is 390 g/mol. The van der Waals surface area contributed by atoms with Crippen molar-refractivity contribution in [3.8, 4) is 0 Å². The minimum Gasteiger partial charge on any atom is -0.362 e. The maximum atomic E-state index is 12.6. The number of aryl methyl sites for hydroxylation is 3. The number of hydrogen-bond donors (Lipinski definition) is 2. The van der Waals surface area contributed by atoms with Gasteiger partial charge in [0, 0.05) is 19.3 Å². The number of hydrogen-bond acceptors (Lipinski definition) is 6. The maximum absolute atomic E-state index is 12.6. The van der Waals surface area contributed by atoms with E-state index in [0.717, 1.165) is 36.4 Å². The van der Waals surface area contributed by atoms with E-state index in [2.05, 4.69) is 21.9 Å². The quantitative estimate of drug-likeness (QED) is 0.637. The first-order valence-electron chi connectivity index (χ1n) is 9.32. The number of anilines is 1. The number of carbonyl (C=O) groups is 2. The summed E-state index contributed by atoms with van der Waals surface area (Å²) in [5.74, 6) is -0.761. The lowest BCUT2D eigenvalue weighted by molar-refractivity contribution is -0.120. The van der Waals surface area contributed by atoms with Crippen LogP contribution < -0.4 is 21.3 Å². The summed E-state index contributed by atoms with van der Waals surface area (Å²) in [7, 11) is 1.62. The highest BCUT2D eigenvalue weighted by atomic mass is 32.1. The average molecular weight is 411 g/mol. The molecule has 29 heavy (non-hydrogen) atoms. The van der Waals surface area contributed by atoms with Gasteiger partial charge in [0.1, 0.15) is 4.83 Å². The molecule has 0 bridgehead atoms. The summed E-state index contributed by atoms with van der Waals surface area (Å²) < 4.78 is 1.38. The van der Waals surface area contributed by atoms with Gasteiger partial charge in [-0.05, 0) is 37.0 Å². The zero-order valence-corrected chi connectivity index (χ0v) is 17.0. The largest absolute Gasteiger partial charge is 0.362 e. The lowest BCUT2D eigenvalue weighted by Gasteiger charge is -2.30. The normalized spacial score (nSPS) is 13.2. The Balaban J connectivity index is 1.43. The molecule has 3 aromatic rings. The van der Waals surface area contributed by atoms with Gasteiger partial charge in [0.25, 0.3) is 17.4 Å². The molecule has 3 heterocycles. The van der Waals surface area contributed by atoms with Gasteiger partial charge >= 0.3 is 0 Å². The molecule has 0 atom stereocenters. The van der Waals surface area contributed by atoms with E-state index in [1.165, 1.54) is 16.5 Å². The summed E-state index contributed by atoms with van der Waals surface area (Å²) in [5.41, 5.74) is 7.59. The molecular formula is C20H21N5O3S. The second kappa shape index (κ2) is 7.67. The van der Waals surface area contributed by atoms with Crippen LogP contribution in [0.3, 0.4) is 0 Å². The van der Waals surface area contributed by atoms with Crippen LogP contribution in [0, 0.1) is 6.92 Å². The van der Waals surface area contributed by atoms with Crippen LogP contribution in [0.4, 0.5) is 5.69 Å². The third-order valence-corrected chi connectivity index (χ3v) is 6.27. The molecule has 2 aromatic heterocycles. The molecule has 1 aliphatic heterocycles. The number of hydrazine groups is 1. The van der Waals surface area contributed by atoms with Crippen molar-refractivity contribution in [1.29, 1.82) is 0 Å². The molecule has 0 radical (unpaired) electrons. The van der Waals surface area contributed by atoms with Crippen LogP contribution in [0.25, 0.3) is 10.2 Å². The first-order valence-corrected chi connectivity index (χ1v) is 10.1. The van der Waals surface area contributed by atoms with Crippen LogP contribution >= 0.6 is 11.3 Å². The second-order valence-corrected chi connectivity index (χ2v) is 8.05. The number of fused-ring (bicyclic) bond motifs is 2. The Morgan fingerprint density at radius 1 is 1.24 bits per heavy atom. The van der Waals surface area contributed by atoms with Crippen molar-refractivity contribution >= 4 is 39.1 Å². The van der Waals surface area contributed by atoms with Crippen LogP contribution in [-0.4, -0.2) is 34.5 Å². The van der Waals surface area contributed by atoms with Crippen molar-refractivity contribution in [1.82, 2.24) is 20.4 Å². The lowest BCUT2D eigenvalue weighted by Crippen LogP contribution is -2.47. The Hall–Kier alpha value is -3.20. The second-order valence-electron chi connectivity index (χ2n) is 7.05. The van der Waals surface area contributed by atoms with Gasteiger partial charge in [-0.2, -0.15) is 0 Å². The summed E-state index contributed by atoms with van der Waals surface area (Å²) in [6.07, 6.45) is 3.42. The van der Waals surface area contributed by atoms with Crippen LogP contribution in [0.1, 0.15) is 27.2 Å². The number of para-hydroxylation sites is 1. The Morgan fingerprint density at radius 2 is 2.03 bits per heavy atom. The Kier molecular flexibility index (Phi) is 5.06. The Bertz CT molecular complexity index is 1170. The molecule has 1 aliphatic rings. The third-order valence-electron chi connectivity index (χ3n) is 5.07. The van der Waals surface area contributed by atoms with E-state index < -0.39 is 5.91 Å². The van der Waals surface area contributed by atoms with E-state index in [4.69, 9.17) is 0 Å². The summed E-state index contributed by atoms with van der Waals surface area (Å²) in [6, 6.07) is 8.04. The number of nitrogens with zero attached hydrogens (tertiary/aromatic N) is 3. The maximum Gasteiger partial charge on any atom is 0.280 e. The smallest absolute Gasteiger partial charge is 0.280 e. The fraction of sp³-hybridized carbons (Fsp3) is 0.300. The van der Waals surface area contributed by atoms with Gasteiger partial charge in [-0.3, -0.25) is 25.2 Å². The van der Waals surface area contributed by atoms with E-state index in [-0.39, 0.29) is 18.0 Å². The summed E-state index contributed by atoms with van der Waals surface area (Å²) in [5, 5.41) is 0.432. The van der Waals surface area contributed by atoms with Crippen molar-refractivity contribution in [2.24, 2.45) is 7.05 Å². The van der Waals surface area contributed by atoms with Crippen LogP contribution in [0.15, 0.2) is 35.4 Å². The van der Waals surface area contributed by atoms with Gasteiger partial charge in [0.05, 0.1) is 23.1 Å². The van der Waals surface area contributed by atoms with Crippen molar-refractivity contribution in [3.05, 3.63) is 57.0 Å². The molecule has 0 aliphatic carbocycles. The highest BCUT2D eigenvalue weighted by Gasteiger charge is 2.21. The first kappa shape index (κ1) is 19.1. The van der Waals surface area contributed by atoms with Crippen molar-refractivity contribution in [3.63, 3.8) is 0 Å². The predicted octanol–water partition coefficient (Wildman–Crippen LogP) is 1.52. The zero-order chi connectivity index (χ0) is 20.5. The predicted molar refractivity (Wildman–Crippen MR) is 112 cm³/mol. The average Bonchev–Trinajstić information content (AvgIpc) is 3.06. The van der Waals surface area contributed by atoms with E-state index in [0.29, 0.717) is 20.7 Å².